The lowest BCUT2D eigenvalue weighted by Gasteiger charge is -2.44. The van der Waals surface area contributed by atoms with Gasteiger partial charge in [0.15, 0.2) is 5.82 Å². The number of rotatable bonds is 9. The van der Waals surface area contributed by atoms with Crippen molar-refractivity contribution in [2.24, 2.45) is 0 Å². The van der Waals surface area contributed by atoms with E-state index in [2.05, 4.69) is 309 Å². The van der Waals surface area contributed by atoms with E-state index in [9.17, 15) is 0 Å². The molecule has 3 aliphatic heterocycles. The number of hydrogen-bond acceptors (Lipinski definition) is 5. The minimum Gasteiger partial charge on any atom is -0.293 e. The largest absolute Gasteiger partial charge is 0.336 e. The average molecular weight is 1140 g/mol. The summed E-state index contributed by atoms with van der Waals surface area (Å²) in [5.41, 5.74) is 28.8. The van der Waals surface area contributed by atoms with E-state index in [1.54, 1.807) is 0 Å². The van der Waals surface area contributed by atoms with Gasteiger partial charge in [-0.25, -0.2) is 14.8 Å². The van der Waals surface area contributed by atoms with Crippen molar-refractivity contribution < 1.29 is 4.79 Å². The molecule has 0 unspecified atom stereocenters. The number of nitrogens with zero attached hydrogens (tertiary/aromatic N) is 6. The molecule has 14 aromatic rings. The topological polar surface area (TPSA) is 59.2 Å². The van der Waals surface area contributed by atoms with Gasteiger partial charge in [0.25, 0.3) is 6.71 Å². The molecule has 3 aliphatic rings. The molecular weight excluding hydrogens is 1080 g/mol. The lowest BCUT2D eigenvalue weighted by molar-refractivity contribution is 0.246. The van der Waals surface area contributed by atoms with Crippen LogP contribution in [0.4, 0.5) is 39.2 Å². The van der Waals surface area contributed by atoms with Gasteiger partial charge in [0, 0.05) is 33.0 Å². The minimum absolute atomic E-state index is 0.141. The third kappa shape index (κ3) is 7.82. The third-order valence-electron chi connectivity index (χ3n) is 18.9. The van der Waals surface area contributed by atoms with Crippen LogP contribution in [-0.2, 0) is 0 Å². The Kier molecular flexibility index (Phi) is 11.7. The fourth-order valence-electron chi connectivity index (χ4n) is 15.2. The number of carbonyl (C=O) groups is 1. The van der Waals surface area contributed by atoms with Crippen LogP contribution in [0, 0.1) is 41.5 Å². The van der Waals surface area contributed by atoms with Gasteiger partial charge in [0.1, 0.15) is 11.6 Å². The van der Waals surface area contributed by atoms with Gasteiger partial charge in [0.2, 0.25) is 0 Å². The number of benzene rings is 11. The molecule has 0 saturated heterocycles. The molecule has 0 bridgehead atoms. The van der Waals surface area contributed by atoms with Crippen LogP contribution >= 0.6 is 0 Å². The molecular formula is C81H59BN6O. The molecule has 0 spiro atoms. The van der Waals surface area contributed by atoms with Gasteiger partial charge in [-0.15, -0.1) is 0 Å². The van der Waals surface area contributed by atoms with Gasteiger partial charge >= 0.3 is 6.03 Å². The smallest absolute Gasteiger partial charge is 0.293 e. The van der Waals surface area contributed by atoms with Gasteiger partial charge in [0.05, 0.1) is 33.8 Å². The number of aromatic nitrogens is 4. The number of carbonyl (C=O) groups excluding carboxylic acids is 1. The summed E-state index contributed by atoms with van der Waals surface area (Å²) >= 11 is 0. The van der Waals surface area contributed by atoms with E-state index in [0.29, 0.717) is 5.82 Å². The van der Waals surface area contributed by atoms with E-state index in [1.165, 1.54) is 0 Å². The second-order valence-corrected chi connectivity index (χ2v) is 24.3. The maximum absolute atomic E-state index is 17.3. The lowest BCUT2D eigenvalue weighted by atomic mass is 9.36. The van der Waals surface area contributed by atoms with Gasteiger partial charge in [-0.3, -0.25) is 18.9 Å². The second kappa shape index (κ2) is 20.0. The Labute approximate surface area is 518 Å². The molecule has 422 valence electrons. The first-order valence-electron chi connectivity index (χ1n) is 30.7. The second-order valence-electron chi connectivity index (χ2n) is 24.3. The first-order chi connectivity index (χ1) is 43.6. The molecule has 0 saturated carbocycles. The molecule has 0 radical (unpaired) electrons. The predicted octanol–water partition coefficient (Wildman–Crippen LogP) is 18.8. The summed E-state index contributed by atoms with van der Waals surface area (Å²) in [5.74, 6) is 2.20. The van der Waals surface area contributed by atoms with Crippen molar-refractivity contribution in [1.82, 2.24) is 19.1 Å². The minimum atomic E-state index is -0.517. The van der Waals surface area contributed by atoms with E-state index in [1.807, 2.05) is 0 Å². The Bertz CT molecular complexity index is 4900. The standard InChI is InChI=1S/C81H59BN6O/c1-48-26-25-27-49(2)70(48)78-83-79-71-80(84-78)88(73-52(5)42-61(43-53(73)6)55-30-15-8-16-31-55)75-67-45-63(57-34-19-10-20-35-57)65(59-38-23-12-24-39-59)47-69(67)86-77(75)82(71)76-74(87(79)72-50(3)40-60(41-51(72)4)54-28-13-7-14-29-54)66-44-62(56-32-17-9-18-33-56)64(58-36-21-11-22-37-58)46-68(66)85(76)81(86)89/h7-47H,1-6H3. The Morgan fingerprint density at radius 1 is 0.315 bits per heavy atom. The number of hydrogen-bond donors (Lipinski definition) is 0. The van der Waals surface area contributed by atoms with Crippen molar-refractivity contribution in [1.29, 1.82) is 0 Å². The Morgan fingerprint density at radius 3 is 0.966 bits per heavy atom. The summed E-state index contributed by atoms with van der Waals surface area (Å²) in [6.07, 6.45) is 0. The highest BCUT2D eigenvalue weighted by Crippen LogP contribution is 2.54. The SMILES string of the molecule is Cc1cccc(C)c1-c1nc2c3c(n1)N(c1c(C)cc(-c4ccccc4)cc1C)c1c4n(c5cc(-c6ccccc6)c(-c6ccccc6)cc15)C(=O)n1c(c(c5cc(-c6ccccc6)c(-c6ccccc6)cc51)N2c1c(C)cc(-c2ccccc2)cc1C)B34. The molecule has 0 fully saturated rings. The van der Waals surface area contributed by atoms with E-state index in [-0.39, 0.29) is 6.03 Å². The third-order valence-corrected chi connectivity index (χ3v) is 18.9. The van der Waals surface area contributed by atoms with Crippen molar-refractivity contribution in [2.75, 3.05) is 9.80 Å². The van der Waals surface area contributed by atoms with Crippen molar-refractivity contribution in [2.45, 2.75) is 41.5 Å². The molecule has 0 amide bonds. The van der Waals surface area contributed by atoms with Crippen LogP contribution < -0.4 is 26.4 Å². The van der Waals surface area contributed by atoms with Gasteiger partial charge in [-0.1, -0.05) is 200 Å². The van der Waals surface area contributed by atoms with Crippen LogP contribution in [0.2, 0.25) is 0 Å². The number of aryl methyl sites for hydroxylation is 6. The molecule has 0 aliphatic carbocycles. The molecule has 0 N–H and O–H groups in total. The van der Waals surface area contributed by atoms with Gasteiger partial charge in [-0.05, 0) is 190 Å². The molecule has 0 atom stereocenters. The Hall–Kier alpha value is -11.1. The van der Waals surface area contributed by atoms with E-state index in [0.717, 1.165) is 179 Å². The summed E-state index contributed by atoms with van der Waals surface area (Å²) in [4.78, 5) is 34.3. The molecule has 6 heterocycles. The summed E-state index contributed by atoms with van der Waals surface area (Å²) in [6, 6.07) is 88.9. The van der Waals surface area contributed by atoms with E-state index in [4.69, 9.17) is 9.97 Å². The molecule has 89 heavy (non-hydrogen) atoms. The van der Waals surface area contributed by atoms with E-state index >= 15 is 4.79 Å². The zero-order valence-corrected chi connectivity index (χ0v) is 50.3. The molecule has 8 heteroatoms. The molecule has 3 aromatic heterocycles. The van der Waals surface area contributed by atoms with Crippen LogP contribution in [0.5, 0.6) is 0 Å². The number of fused-ring (bicyclic) bond motifs is 6. The van der Waals surface area contributed by atoms with Crippen LogP contribution in [-0.4, -0.2) is 31.8 Å². The fraction of sp³-hybridized carbons (Fsp3) is 0.0741. The Morgan fingerprint density at radius 2 is 0.629 bits per heavy atom. The fourth-order valence-corrected chi connectivity index (χ4v) is 15.2. The summed E-state index contributed by atoms with van der Waals surface area (Å²) < 4.78 is 4.14. The first kappa shape index (κ1) is 52.3. The van der Waals surface area contributed by atoms with Crippen molar-refractivity contribution >= 4 is 85.6 Å². The van der Waals surface area contributed by atoms with E-state index < -0.39 is 6.71 Å². The summed E-state index contributed by atoms with van der Waals surface area (Å²) in [7, 11) is 0. The van der Waals surface area contributed by atoms with Crippen molar-refractivity contribution in [3.05, 3.63) is 282 Å². The van der Waals surface area contributed by atoms with Crippen molar-refractivity contribution in [3.63, 3.8) is 0 Å². The highest BCUT2D eigenvalue weighted by Gasteiger charge is 2.55. The average Bonchev–Trinajstić information content (AvgIpc) is 1.54. The zero-order chi connectivity index (χ0) is 59.9. The Balaban J connectivity index is 1.08. The number of anilines is 6. The molecule has 17 rings (SSSR count). The zero-order valence-electron chi connectivity index (χ0n) is 50.3. The normalized spacial score (nSPS) is 12.8. The maximum Gasteiger partial charge on any atom is 0.336 e. The highest BCUT2D eigenvalue weighted by atomic mass is 16.2. The molecule has 11 aromatic carbocycles. The quantitative estimate of drug-likeness (QED) is 0.135. The maximum atomic E-state index is 17.3. The van der Waals surface area contributed by atoms with Gasteiger partial charge in [-0.2, -0.15) is 0 Å². The lowest BCUT2D eigenvalue weighted by Crippen LogP contribution is -2.69. The van der Waals surface area contributed by atoms with Crippen LogP contribution in [0.25, 0.3) is 100.0 Å². The monoisotopic (exact) mass is 1140 g/mol. The molecule has 7 nitrogen and oxygen atoms in total. The van der Waals surface area contributed by atoms with Crippen LogP contribution in [0.15, 0.2) is 249 Å². The van der Waals surface area contributed by atoms with Crippen LogP contribution in [0.1, 0.15) is 33.4 Å². The summed E-state index contributed by atoms with van der Waals surface area (Å²) in [6.45, 7) is 12.8. The van der Waals surface area contributed by atoms with Crippen molar-refractivity contribution in [3.8, 4) is 78.1 Å². The van der Waals surface area contributed by atoms with Crippen LogP contribution in [0.3, 0.4) is 0 Å². The van der Waals surface area contributed by atoms with Gasteiger partial charge < -0.3 is 0 Å². The summed E-state index contributed by atoms with van der Waals surface area (Å²) in [5, 5.41) is 1.91. The highest BCUT2D eigenvalue weighted by molar-refractivity contribution is 7.01. The predicted molar refractivity (Wildman–Crippen MR) is 370 cm³/mol. The first-order valence-corrected chi connectivity index (χ1v) is 30.7.